The highest BCUT2D eigenvalue weighted by molar-refractivity contribution is 9.10. The summed E-state index contributed by atoms with van der Waals surface area (Å²) in [5.74, 6) is 0. The highest BCUT2D eigenvalue weighted by atomic mass is 79.9. The molecule has 0 aliphatic heterocycles. The van der Waals surface area contributed by atoms with E-state index >= 15 is 0 Å². The fourth-order valence-corrected chi connectivity index (χ4v) is 2.02. The Morgan fingerprint density at radius 3 is 2.80 bits per heavy atom. The molecule has 1 saturated carbocycles. The summed E-state index contributed by atoms with van der Waals surface area (Å²) in [4.78, 5) is 0. The van der Waals surface area contributed by atoms with E-state index < -0.39 is 0 Å². The lowest BCUT2D eigenvalue weighted by molar-refractivity contribution is 0.0836. The van der Waals surface area contributed by atoms with Crippen LogP contribution in [-0.4, -0.2) is 17.3 Å². The molecule has 0 heterocycles. The maximum atomic E-state index is 9.16. The SMILES string of the molecule is N#Cc1ccc(Br)cc1NC1CC(O)C1. The first-order chi connectivity index (χ1) is 7.19. The van der Waals surface area contributed by atoms with Crippen molar-refractivity contribution in [1.82, 2.24) is 0 Å². The first-order valence-corrected chi connectivity index (χ1v) is 5.62. The molecule has 0 aromatic heterocycles. The monoisotopic (exact) mass is 266 g/mol. The molecule has 3 nitrogen and oxygen atoms in total. The van der Waals surface area contributed by atoms with Crippen LogP contribution in [0.5, 0.6) is 0 Å². The number of benzene rings is 1. The molecule has 1 aliphatic carbocycles. The average molecular weight is 267 g/mol. The number of hydrogen-bond acceptors (Lipinski definition) is 3. The summed E-state index contributed by atoms with van der Waals surface area (Å²) in [6, 6.07) is 7.95. The van der Waals surface area contributed by atoms with Gasteiger partial charge in [0.15, 0.2) is 0 Å². The van der Waals surface area contributed by atoms with E-state index in [-0.39, 0.29) is 6.10 Å². The van der Waals surface area contributed by atoms with Gasteiger partial charge in [0.25, 0.3) is 0 Å². The number of nitrogens with one attached hydrogen (secondary N) is 1. The number of hydrogen-bond donors (Lipinski definition) is 2. The molecule has 0 spiro atoms. The Kier molecular flexibility index (Phi) is 2.94. The Balaban J connectivity index is 2.13. The van der Waals surface area contributed by atoms with Crippen molar-refractivity contribution >= 4 is 21.6 Å². The maximum Gasteiger partial charge on any atom is 0.101 e. The van der Waals surface area contributed by atoms with Gasteiger partial charge in [-0.1, -0.05) is 15.9 Å². The lowest BCUT2D eigenvalue weighted by Crippen LogP contribution is -2.39. The molecule has 2 rings (SSSR count). The van der Waals surface area contributed by atoms with Gasteiger partial charge in [-0.3, -0.25) is 0 Å². The molecule has 0 amide bonds. The van der Waals surface area contributed by atoms with Crippen molar-refractivity contribution in [2.24, 2.45) is 0 Å². The van der Waals surface area contributed by atoms with Crippen LogP contribution in [0.3, 0.4) is 0 Å². The third kappa shape index (κ3) is 2.31. The van der Waals surface area contributed by atoms with E-state index in [0.29, 0.717) is 11.6 Å². The van der Waals surface area contributed by atoms with E-state index in [1.807, 2.05) is 12.1 Å². The summed E-state index contributed by atoms with van der Waals surface area (Å²) in [7, 11) is 0. The first-order valence-electron chi connectivity index (χ1n) is 4.83. The standard InChI is InChI=1S/C11H11BrN2O/c12-8-2-1-7(6-13)11(3-8)14-9-4-10(15)5-9/h1-3,9-10,14-15H,4-5H2. The van der Waals surface area contributed by atoms with E-state index in [1.54, 1.807) is 6.07 Å². The molecule has 1 aromatic rings. The average Bonchev–Trinajstić information content (AvgIpc) is 2.16. The minimum Gasteiger partial charge on any atom is -0.393 e. The maximum absolute atomic E-state index is 9.16. The summed E-state index contributed by atoms with van der Waals surface area (Å²) in [6.07, 6.45) is 1.34. The van der Waals surface area contributed by atoms with Crippen LogP contribution in [0.1, 0.15) is 18.4 Å². The van der Waals surface area contributed by atoms with Gasteiger partial charge in [-0.2, -0.15) is 5.26 Å². The molecule has 1 aromatic carbocycles. The predicted octanol–water partition coefficient (Wildman–Crippen LogP) is 2.26. The molecular formula is C11H11BrN2O. The molecule has 0 unspecified atom stereocenters. The van der Waals surface area contributed by atoms with Gasteiger partial charge in [-0.25, -0.2) is 0 Å². The lowest BCUT2D eigenvalue weighted by atomic mass is 9.89. The predicted molar refractivity (Wildman–Crippen MR) is 61.5 cm³/mol. The van der Waals surface area contributed by atoms with E-state index in [9.17, 15) is 0 Å². The Morgan fingerprint density at radius 1 is 1.47 bits per heavy atom. The van der Waals surface area contributed by atoms with E-state index in [1.165, 1.54) is 0 Å². The lowest BCUT2D eigenvalue weighted by Gasteiger charge is -2.33. The van der Waals surface area contributed by atoms with E-state index in [2.05, 4.69) is 27.3 Å². The third-order valence-electron chi connectivity index (χ3n) is 2.57. The van der Waals surface area contributed by atoms with Gasteiger partial charge in [0, 0.05) is 10.5 Å². The zero-order valence-corrected chi connectivity index (χ0v) is 9.66. The zero-order chi connectivity index (χ0) is 10.8. The number of aliphatic hydroxyl groups is 1. The number of halogens is 1. The Bertz CT molecular complexity index is 408. The highest BCUT2D eigenvalue weighted by Gasteiger charge is 2.27. The third-order valence-corrected chi connectivity index (χ3v) is 3.07. The van der Waals surface area contributed by atoms with Crippen LogP contribution in [-0.2, 0) is 0 Å². The summed E-state index contributed by atoms with van der Waals surface area (Å²) in [6.45, 7) is 0. The Labute approximate surface area is 96.9 Å². The molecule has 0 radical (unpaired) electrons. The number of anilines is 1. The normalized spacial score (nSPS) is 24.1. The zero-order valence-electron chi connectivity index (χ0n) is 8.07. The van der Waals surface area contributed by atoms with Crippen LogP contribution < -0.4 is 5.32 Å². The minimum atomic E-state index is -0.180. The van der Waals surface area contributed by atoms with Crippen molar-refractivity contribution in [3.63, 3.8) is 0 Å². The number of nitriles is 1. The van der Waals surface area contributed by atoms with Crippen LogP contribution in [0.4, 0.5) is 5.69 Å². The van der Waals surface area contributed by atoms with Crippen molar-refractivity contribution in [2.75, 3.05) is 5.32 Å². The first kappa shape index (κ1) is 10.5. The van der Waals surface area contributed by atoms with Crippen LogP contribution in [0.2, 0.25) is 0 Å². The number of nitrogens with zero attached hydrogens (tertiary/aromatic N) is 1. The van der Waals surface area contributed by atoms with Gasteiger partial charge in [0.1, 0.15) is 6.07 Å². The van der Waals surface area contributed by atoms with Gasteiger partial charge >= 0.3 is 0 Å². The molecule has 0 atom stereocenters. The summed E-state index contributed by atoms with van der Waals surface area (Å²) in [5, 5.41) is 21.3. The second-order valence-corrected chi connectivity index (χ2v) is 4.68. The largest absolute Gasteiger partial charge is 0.393 e. The topological polar surface area (TPSA) is 56.0 Å². The fourth-order valence-electron chi connectivity index (χ4n) is 1.66. The summed E-state index contributed by atoms with van der Waals surface area (Å²) in [5.41, 5.74) is 1.48. The van der Waals surface area contributed by atoms with Gasteiger partial charge < -0.3 is 10.4 Å². The smallest absolute Gasteiger partial charge is 0.101 e. The molecular weight excluding hydrogens is 256 g/mol. The Hall–Kier alpha value is -1.05. The van der Waals surface area contributed by atoms with Crippen LogP contribution in [0.25, 0.3) is 0 Å². The van der Waals surface area contributed by atoms with Gasteiger partial charge in [-0.05, 0) is 31.0 Å². The van der Waals surface area contributed by atoms with E-state index in [0.717, 1.165) is 23.0 Å². The van der Waals surface area contributed by atoms with Crippen molar-refractivity contribution in [3.05, 3.63) is 28.2 Å². The van der Waals surface area contributed by atoms with E-state index in [4.69, 9.17) is 10.4 Å². The van der Waals surface area contributed by atoms with Gasteiger partial charge in [0.2, 0.25) is 0 Å². The molecule has 4 heteroatoms. The fraction of sp³-hybridized carbons (Fsp3) is 0.364. The van der Waals surface area contributed by atoms with Crippen molar-refractivity contribution in [2.45, 2.75) is 25.0 Å². The molecule has 15 heavy (non-hydrogen) atoms. The summed E-state index contributed by atoms with van der Waals surface area (Å²) >= 11 is 3.37. The summed E-state index contributed by atoms with van der Waals surface area (Å²) < 4.78 is 0.948. The van der Waals surface area contributed by atoms with Crippen molar-refractivity contribution in [1.29, 1.82) is 5.26 Å². The number of aliphatic hydroxyl groups excluding tert-OH is 1. The molecule has 1 aliphatic rings. The van der Waals surface area contributed by atoms with Crippen LogP contribution in [0, 0.1) is 11.3 Å². The molecule has 0 saturated heterocycles. The van der Waals surface area contributed by atoms with Crippen molar-refractivity contribution < 1.29 is 5.11 Å². The quantitative estimate of drug-likeness (QED) is 0.864. The highest BCUT2D eigenvalue weighted by Crippen LogP contribution is 2.27. The van der Waals surface area contributed by atoms with Gasteiger partial charge in [0.05, 0.1) is 17.4 Å². The second-order valence-electron chi connectivity index (χ2n) is 3.77. The molecule has 1 fully saturated rings. The minimum absolute atomic E-state index is 0.180. The van der Waals surface area contributed by atoms with Crippen LogP contribution in [0.15, 0.2) is 22.7 Å². The van der Waals surface area contributed by atoms with Gasteiger partial charge in [-0.15, -0.1) is 0 Å². The van der Waals surface area contributed by atoms with Crippen LogP contribution >= 0.6 is 15.9 Å². The van der Waals surface area contributed by atoms with Crippen molar-refractivity contribution in [3.8, 4) is 6.07 Å². The Morgan fingerprint density at radius 2 is 2.20 bits per heavy atom. The number of rotatable bonds is 2. The molecule has 2 N–H and O–H groups in total. The molecule has 78 valence electrons. The molecule has 0 bridgehead atoms. The second kappa shape index (κ2) is 4.21.